The zero-order valence-electron chi connectivity index (χ0n) is 16.2. The summed E-state index contributed by atoms with van der Waals surface area (Å²) in [6.07, 6.45) is 10.3. The molecule has 0 aromatic carbocycles. The van der Waals surface area contributed by atoms with Crippen LogP contribution in [0.15, 0.2) is 0 Å². The Morgan fingerprint density at radius 3 is 2.40 bits per heavy atom. The second-order valence-electron chi connectivity index (χ2n) is 10.6. The molecule has 1 spiro atoms. The normalized spacial score (nSPS) is 54.2. The van der Waals surface area contributed by atoms with Crippen molar-refractivity contribution in [1.82, 2.24) is 0 Å². The molecule has 0 unspecified atom stereocenters. The minimum Gasteiger partial charge on any atom is -0.348 e. The van der Waals surface area contributed by atoms with E-state index in [4.69, 9.17) is 9.47 Å². The number of Topliss-reactive ketones (excluding diaryl/α,β-unsaturated/α-hetero) is 1. The first kappa shape index (κ1) is 16.7. The molecule has 1 saturated heterocycles. The van der Waals surface area contributed by atoms with Gasteiger partial charge in [-0.25, -0.2) is 0 Å². The maximum absolute atomic E-state index is 12.6. The summed E-state index contributed by atoms with van der Waals surface area (Å²) in [5, 5.41) is 0. The molecule has 0 aromatic heterocycles. The fourth-order valence-corrected chi connectivity index (χ4v) is 8.12. The van der Waals surface area contributed by atoms with Gasteiger partial charge in [-0.3, -0.25) is 4.79 Å². The van der Waals surface area contributed by atoms with Gasteiger partial charge in [0.05, 0.1) is 13.2 Å². The summed E-state index contributed by atoms with van der Waals surface area (Å²) in [4.78, 5) is 12.6. The Hall–Kier alpha value is -0.410. The predicted molar refractivity (Wildman–Crippen MR) is 96.0 cm³/mol. The molecule has 0 N–H and O–H groups in total. The number of fused-ring (bicyclic) bond motifs is 5. The number of ether oxygens (including phenoxy) is 2. The van der Waals surface area contributed by atoms with Crippen molar-refractivity contribution in [2.75, 3.05) is 13.2 Å². The number of hydrogen-bond acceptors (Lipinski definition) is 3. The molecule has 1 heterocycles. The van der Waals surface area contributed by atoms with E-state index in [1.165, 1.54) is 25.7 Å². The van der Waals surface area contributed by atoms with Crippen LogP contribution in [-0.4, -0.2) is 24.8 Å². The molecule has 0 aromatic rings. The standard InChI is InChI=1S/C22H34O3/c1-19-8-6-15-16-4-5-18(23)20(16,2)9-7-17(15)21(19,3)10-11-22(14-19)24-12-13-25-22/h15-17H,4-14H2,1-3H3/t15-,16+,17-,19+,20+,21-/m1/s1. The van der Waals surface area contributed by atoms with Crippen LogP contribution in [0.1, 0.15) is 78.6 Å². The first-order chi connectivity index (χ1) is 11.8. The van der Waals surface area contributed by atoms with Gasteiger partial charge in [0.1, 0.15) is 5.78 Å². The van der Waals surface area contributed by atoms with Crippen molar-refractivity contribution in [3.8, 4) is 0 Å². The predicted octanol–water partition coefficient (Wildman–Crippen LogP) is 4.73. The topological polar surface area (TPSA) is 35.5 Å². The monoisotopic (exact) mass is 346 g/mol. The fraction of sp³-hybridized carbons (Fsp3) is 0.955. The van der Waals surface area contributed by atoms with Crippen LogP contribution >= 0.6 is 0 Å². The van der Waals surface area contributed by atoms with Crippen molar-refractivity contribution < 1.29 is 14.3 Å². The average molecular weight is 347 g/mol. The minimum absolute atomic E-state index is 0.00116. The van der Waals surface area contributed by atoms with E-state index in [1.54, 1.807) is 0 Å². The minimum atomic E-state index is -0.284. The van der Waals surface area contributed by atoms with E-state index in [2.05, 4.69) is 20.8 Å². The highest BCUT2D eigenvalue weighted by Gasteiger charge is 2.65. The average Bonchev–Trinajstić information content (AvgIpc) is 3.14. The molecule has 0 radical (unpaired) electrons. The molecule has 5 aliphatic rings. The van der Waals surface area contributed by atoms with Crippen molar-refractivity contribution in [1.29, 1.82) is 0 Å². The molecule has 6 atom stereocenters. The van der Waals surface area contributed by atoms with Crippen LogP contribution in [0.4, 0.5) is 0 Å². The molecule has 4 aliphatic carbocycles. The SMILES string of the molecule is C[C@@]12CC[C@H]3[C@@H](CC[C@]4(C)C(=O)CC[C@@H]34)[C@@]1(C)CCC1(C2)OCCO1. The molecule has 140 valence electrons. The van der Waals surface area contributed by atoms with E-state index in [0.717, 1.165) is 57.2 Å². The van der Waals surface area contributed by atoms with Crippen molar-refractivity contribution in [2.24, 2.45) is 34.0 Å². The second-order valence-corrected chi connectivity index (χ2v) is 10.6. The van der Waals surface area contributed by atoms with Crippen molar-refractivity contribution >= 4 is 5.78 Å². The van der Waals surface area contributed by atoms with Gasteiger partial charge in [-0.1, -0.05) is 20.8 Å². The summed E-state index contributed by atoms with van der Waals surface area (Å²) in [5.74, 6) is 2.48. The van der Waals surface area contributed by atoms with Gasteiger partial charge in [0.25, 0.3) is 0 Å². The Morgan fingerprint density at radius 2 is 1.64 bits per heavy atom. The Bertz CT molecular complexity index is 594. The highest BCUT2D eigenvalue weighted by molar-refractivity contribution is 5.87. The second kappa shape index (κ2) is 5.10. The van der Waals surface area contributed by atoms with E-state index in [-0.39, 0.29) is 11.2 Å². The Balaban J connectivity index is 1.46. The van der Waals surface area contributed by atoms with Crippen LogP contribution in [0.2, 0.25) is 0 Å². The maximum atomic E-state index is 12.6. The Morgan fingerprint density at radius 1 is 0.880 bits per heavy atom. The van der Waals surface area contributed by atoms with Crippen LogP contribution in [-0.2, 0) is 14.3 Å². The Labute approximate surface area is 152 Å². The number of hydrogen-bond donors (Lipinski definition) is 0. The molecule has 25 heavy (non-hydrogen) atoms. The zero-order chi connectivity index (χ0) is 17.5. The van der Waals surface area contributed by atoms with E-state index in [0.29, 0.717) is 22.5 Å². The molecule has 0 bridgehead atoms. The first-order valence-corrected chi connectivity index (χ1v) is 10.6. The largest absolute Gasteiger partial charge is 0.348 e. The van der Waals surface area contributed by atoms with Gasteiger partial charge in [-0.05, 0) is 67.1 Å². The van der Waals surface area contributed by atoms with Gasteiger partial charge in [0.2, 0.25) is 0 Å². The number of ketones is 1. The molecular formula is C22H34O3. The summed E-state index contributed by atoms with van der Waals surface area (Å²) in [7, 11) is 0. The van der Waals surface area contributed by atoms with Gasteiger partial charge in [-0.2, -0.15) is 0 Å². The lowest BCUT2D eigenvalue weighted by molar-refractivity contribution is -0.256. The Kier molecular flexibility index (Phi) is 3.41. The van der Waals surface area contributed by atoms with Crippen LogP contribution in [0.3, 0.4) is 0 Å². The van der Waals surface area contributed by atoms with Crippen LogP contribution in [0, 0.1) is 34.0 Å². The summed E-state index contributed by atoms with van der Waals surface area (Å²) < 4.78 is 12.2. The first-order valence-electron chi connectivity index (χ1n) is 10.6. The van der Waals surface area contributed by atoms with Gasteiger partial charge in [0.15, 0.2) is 5.79 Å². The molecule has 3 heteroatoms. The third-order valence-corrected chi connectivity index (χ3v) is 9.87. The van der Waals surface area contributed by atoms with Gasteiger partial charge < -0.3 is 9.47 Å². The molecule has 1 aliphatic heterocycles. The van der Waals surface area contributed by atoms with Crippen molar-refractivity contribution in [3.63, 3.8) is 0 Å². The smallest absolute Gasteiger partial charge is 0.169 e. The lowest BCUT2D eigenvalue weighted by atomic mass is 9.40. The molecule has 5 rings (SSSR count). The van der Waals surface area contributed by atoms with Crippen LogP contribution in [0.5, 0.6) is 0 Å². The van der Waals surface area contributed by atoms with E-state index in [1.807, 2.05) is 0 Å². The summed E-state index contributed by atoms with van der Waals surface area (Å²) >= 11 is 0. The van der Waals surface area contributed by atoms with Crippen molar-refractivity contribution in [3.05, 3.63) is 0 Å². The van der Waals surface area contributed by atoms with Gasteiger partial charge in [-0.15, -0.1) is 0 Å². The quantitative estimate of drug-likeness (QED) is 0.636. The summed E-state index contributed by atoms with van der Waals surface area (Å²) in [6.45, 7) is 8.91. The van der Waals surface area contributed by atoms with Gasteiger partial charge in [0, 0.05) is 24.7 Å². The molecular weight excluding hydrogens is 312 g/mol. The summed E-state index contributed by atoms with van der Waals surface area (Å²) in [5.41, 5.74) is 0.690. The van der Waals surface area contributed by atoms with E-state index >= 15 is 0 Å². The van der Waals surface area contributed by atoms with Crippen LogP contribution < -0.4 is 0 Å². The summed E-state index contributed by atoms with van der Waals surface area (Å²) in [6, 6.07) is 0. The van der Waals surface area contributed by atoms with Crippen LogP contribution in [0.25, 0.3) is 0 Å². The number of carbonyl (C=O) groups is 1. The third-order valence-electron chi connectivity index (χ3n) is 9.87. The van der Waals surface area contributed by atoms with Crippen molar-refractivity contribution in [2.45, 2.75) is 84.3 Å². The highest BCUT2D eigenvalue weighted by atomic mass is 16.7. The van der Waals surface area contributed by atoms with E-state index in [9.17, 15) is 4.79 Å². The molecule has 5 fully saturated rings. The number of rotatable bonds is 0. The lowest BCUT2D eigenvalue weighted by Gasteiger charge is -2.65. The zero-order valence-corrected chi connectivity index (χ0v) is 16.2. The fourth-order valence-electron chi connectivity index (χ4n) is 8.12. The molecule has 0 amide bonds. The lowest BCUT2D eigenvalue weighted by Crippen LogP contribution is -2.60. The molecule has 3 nitrogen and oxygen atoms in total. The number of carbonyl (C=O) groups excluding carboxylic acids is 1. The molecule has 4 saturated carbocycles. The maximum Gasteiger partial charge on any atom is 0.169 e. The van der Waals surface area contributed by atoms with E-state index < -0.39 is 0 Å². The highest BCUT2D eigenvalue weighted by Crippen LogP contribution is 2.70. The van der Waals surface area contributed by atoms with Gasteiger partial charge >= 0.3 is 0 Å². The third kappa shape index (κ3) is 2.03.